The normalized spacial score (nSPS) is 11.3. The van der Waals surface area contributed by atoms with Crippen LogP contribution in [0.4, 0.5) is 0 Å². The Bertz CT molecular complexity index is 593. The van der Waals surface area contributed by atoms with Crippen molar-refractivity contribution in [1.82, 2.24) is 29.9 Å². The van der Waals surface area contributed by atoms with Crippen LogP contribution in [0.5, 0.6) is 0 Å². The van der Waals surface area contributed by atoms with Crippen molar-refractivity contribution in [1.29, 1.82) is 0 Å². The first-order chi connectivity index (χ1) is 9.56. The van der Waals surface area contributed by atoms with Gasteiger partial charge in [0.2, 0.25) is 5.16 Å². The van der Waals surface area contributed by atoms with Crippen molar-refractivity contribution in [2.45, 2.75) is 56.8 Å². The summed E-state index contributed by atoms with van der Waals surface area (Å²) in [6.45, 7) is 8.34. The summed E-state index contributed by atoms with van der Waals surface area (Å²) in [5.74, 6) is 1.30. The van der Waals surface area contributed by atoms with Gasteiger partial charge in [0.1, 0.15) is 5.82 Å². The summed E-state index contributed by atoms with van der Waals surface area (Å²) in [6.07, 6.45) is 1.72. The highest BCUT2D eigenvalue weighted by molar-refractivity contribution is 7.99. The van der Waals surface area contributed by atoms with Gasteiger partial charge in [0.05, 0.1) is 11.4 Å². The predicted molar refractivity (Wildman–Crippen MR) is 77.8 cm³/mol. The van der Waals surface area contributed by atoms with Gasteiger partial charge in [-0.2, -0.15) is 5.10 Å². The van der Waals surface area contributed by atoms with Gasteiger partial charge in [-0.25, -0.2) is 4.98 Å². The molecule has 6 nitrogen and oxygen atoms in total. The standard InChI is InChI=1S/C13H20N6S/c1-6-9-10(7-2)15-17-12(14-9)20-13-18-16-11(8(3)4)19(13)5/h8H,6-7H2,1-5H3. The molecule has 0 atom stereocenters. The number of aryl methyl sites for hydroxylation is 2. The SMILES string of the molecule is CCc1nnc(Sc2nnc(C(C)C)n2C)nc1CC. The fraction of sp³-hybridized carbons (Fsp3) is 0.615. The van der Waals surface area contributed by atoms with Gasteiger partial charge in [-0.3, -0.25) is 0 Å². The Labute approximate surface area is 123 Å². The van der Waals surface area contributed by atoms with E-state index in [1.165, 1.54) is 11.8 Å². The minimum atomic E-state index is 0.342. The summed E-state index contributed by atoms with van der Waals surface area (Å²) in [7, 11) is 1.96. The van der Waals surface area contributed by atoms with E-state index in [9.17, 15) is 0 Å². The third kappa shape index (κ3) is 2.98. The fourth-order valence-electron chi connectivity index (χ4n) is 1.96. The lowest BCUT2D eigenvalue weighted by Crippen LogP contribution is -2.05. The zero-order valence-corrected chi connectivity index (χ0v) is 13.4. The molecular formula is C13H20N6S. The molecule has 0 saturated carbocycles. The number of aromatic nitrogens is 6. The van der Waals surface area contributed by atoms with E-state index in [0.717, 1.165) is 35.2 Å². The first-order valence-corrected chi connectivity index (χ1v) is 7.68. The molecule has 0 radical (unpaired) electrons. The number of hydrogen-bond donors (Lipinski definition) is 0. The van der Waals surface area contributed by atoms with E-state index < -0.39 is 0 Å². The minimum absolute atomic E-state index is 0.342. The number of hydrogen-bond acceptors (Lipinski definition) is 6. The van der Waals surface area contributed by atoms with Crippen molar-refractivity contribution in [2.75, 3.05) is 0 Å². The molecule has 0 aliphatic heterocycles. The van der Waals surface area contributed by atoms with E-state index in [4.69, 9.17) is 0 Å². The van der Waals surface area contributed by atoms with Gasteiger partial charge in [0, 0.05) is 13.0 Å². The summed E-state index contributed by atoms with van der Waals surface area (Å²) in [5.41, 5.74) is 1.98. The molecule has 0 aromatic carbocycles. The molecule has 0 bridgehead atoms. The molecule has 0 aliphatic carbocycles. The van der Waals surface area contributed by atoms with Gasteiger partial charge in [-0.05, 0) is 24.6 Å². The molecule has 2 aromatic heterocycles. The zero-order valence-electron chi connectivity index (χ0n) is 12.6. The Morgan fingerprint density at radius 1 is 1.00 bits per heavy atom. The lowest BCUT2D eigenvalue weighted by atomic mass is 10.2. The van der Waals surface area contributed by atoms with Crippen LogP contribution >= 0.6 is 11.8 Å². The van der Waals surface area contributed by atoms with Crippen molar-refractivity contribution in [3.05, 3.63) is 17.2 Å². The smallest absolute Gasteiger partial charge is 0.217 e. The Kier molecular flexibility index (Phi) is 4.69. The number of rotatable bonds is 5. The van der Waals surface area contributed by atoms with E-state index in [1.54, 1.807) is 0 Å². The van der Waals surface area contributed by atoms with Gasteiger partial charge in [0.25, 0.3) is 0 Å². The van der Waals surface area contributed by atoms with Gasteiger partial charge in [-0.1, -0.05) is 27.7 Å². The molecule has 20 heavy (non-hydrogen) atoms. The van der Waals surface area contributed by atoms with E-state index in [2.05, 4.69) is 53.1 Å². The summed E-state index contributed by atoms with van der Waals surface area (Å²) in [4.78, 5) is 4.56. The molecule has 0 amide bonds. The summed E-state index contributed by atoms with van der Waals surface area (Å²) in [5, 5.41) is 18.2. The third-order valence-electron chi connectivity index (χ3n) is 3.06. The Morgan fingerprint density at radius 2 is 1.70 bits per heavy atom. The van der Waals surface area contributed by atoms with Crippen molar-refractivity contribution < 1.29 is 0 Å². The van der Waals surface area contributed by atoms with Gasteiger partial charge >= 0.3 is 0 Å². The molecule has 0 fully saturated rings. The van der Waals surface area contributed by atoms with Crippen molar-refractivity contribution in [3.63, 3.8) is 0 Å². The first kappa shape index (κ1) is 14.9. The van der Waals surface area contributed by atoms with Crippen LogP contribution in [0.3, 0.4) is 0 Å². The average molecular weight is 292 g/mol. The molecule has 2 heterocycles. The molecule has 2 aromatic rings. The lowest BCUT2D eigenvalue weighted by Gasteiger charge is -2.06. The Balaban J connectivity index is 2.26. The van der Waals surface area contributed by atoms with E-state index in [0.29, 0.717) is 11.1 Å². The molecule has 2 rings (SSSR count). The van der Waals surface area contributed by atoms with Crippen LogP contribution in [-0.2, 0) is 19.9 Å². The minimum Gasteiger partial charge on any atom is -0.309 e. The van der Waals surface area contributed by atoms with Crippen molar-refractivity contribution in [2.24, 2.45) is 7.05 Å². The Morgan fingerprint density at radius 3 is 2.25 bits per heavy atom. The highest BCUT2D eigenvalue weighted by atomic mass is 32.2. The molecule has 0 spiro atoms. The average Bonchev–Trinajstić information content (AvgIpc) is 2.80. The van der Waals surface area contributed by atoms with Crippen LogP contribution in [0.1, 0.15) is 50.8 Å². The van der Waals surface area contributed by atoms with Crippen LogP contribution in [0.2, 0.25) is 0 Å². The van der Waals surface area contributed by atoms with Gasteiger partial charge in [-0.15, -0.1) is 15.3 Å². The summed E-state index contributed by atoms with van der Waals surface area (Å²) >= 11 is 1.41. The second-order valence-electron chi connectivity index (χ2n) is 4.85. The van der Waals surface area contributed by atoms with E-state index >= 15 is 0 Å². The quantitative estimate of drug-likeness (QED) is 0.843. The van der Waals surface area contributed by atoms with Crippen LogP contribution in [0.15, 0.2) is 10.3 Å². The highest BCUT2D eigenvalue weighted by Gasteiger charge is 2.15. The highest BCUT2D eigenvalue weighted by Crippen LogP contribution is 2.24. The largest absolute Gasteiger partial charge is 0.309 e. The molecule has 0 aliphatic rings. The molecular weight excluding hydrogens is 272 g/mol. The second kappa shape index (κ2) is 6.30. The molecule has 0 saturated heterocycles. The maximum absolute atomic E-state index is 4.56. The topological polar surface area (TPSA) is 69.4 Å². The molecule has 0 N–H and O–H groups in total. The maximum Gasteiger partial charge on any atom is 0.217 e. The summed E-state index contributed by atoms with van der Waals surface area (Å²) in [6, 6.07) is 0. The van der Waals surface area contributed by atoms with Crippen LogP contribution in [-0.4, -0.2) is 29.9 Å². The first-order valence-electron chi connectivity index (χ1n) is 6.86. The molecule has 7 heteroatoms. The molecule has 0 unspecified atom stereocenters. The van der Waals surface area contributed by atoms with Crippen molar-refractivity contribution >= 4 is 11.8 Å². The van der Waals surface area contributed by atoms with Crippen LogP contribution in [0, 0.1) is 0 Å². The van der Waals surface area contributed by atoms with Gasteiger partial charge < -0.3 is 4.57 Å². The predicted octanol–water partition coefficient (Wildman–Crippen LogP) is 2.40. The van der Waals surface area contributed by atoms with E-state index in [1.807, 2.05) is 11.6 Å². The molecule has 108 valence electrons. The maximum atomic E-state index is 4.56. The van der Waals surface area contributed by atoms with E-state index in [-0.39, 0.29) is 0 Å². The third-order valence-corrected chi connectivity index (χ3v) is 3.95. The van der Waals surface area contributed by atoms with Crippen LogP contribution < -0.4 is 0 Å². The fourth-order valence-corrected chi connectivity index (χ4v) is 2.68. The van der Waals surface area contributed by atoms with Crippen LogP contribution in [0.25, 0.3) is 0 Å². The Hall–Kier alpha value is -1.50. The lowest BCUT2D eigenvalue weighted by molar-refractivity contribution is 0.677. The second-order valence-corrected chi connectivity index (χ2v) is 5.79. The monoisotopic (exact) mass is 292 g/mol. The van der Waals surface area contributed by atoms with Gasteiger partial charge in [0.15, 0.2) is 5.16 Å². The summed E-state index contributed by atoms with van der Waals surface area (Å²) < 4.78 is 1.98. The zero-order chi connectivity index (χ0) is 14.7. The number of nitrogens with zero attached hydrogens (tertiary/aromatic N) is 6. The van der Waals surface area contributed by atoms with Crippen molar-refractivity contribution in [3.8, 4) is 0 Å².